The Kier molecular flexibility index (Phi) is 137. The van der Waals surface area contributed by atoms with Crippen LogP contribution in [0, 0.1) is 40.8 Å². The van der Waals surface area contributed by atoms with Crippen LogP contribution in [0.3, 0.4) is 0 Å². The molecule has 0 spiro atoms. The summed E-state index contributed by atoms with van der Waals surface area (Å²) >= 11 is 0. The second-order valence-electron chi connectivity index (χ2n) is 0. The van der Waals surface area contributed by atoms with Gasteiger partial charge in [-0.15, -0.1) is 0 Å². The Balaban J connectivity index is 0. The van der Waals surface area contributed by atoms with Crippen molar-refractivity contribution in [1.82, 2.24) is 6.15 Å². The molecule has 0 aliphatic rings. The molecule has 0 amide bonds. The molecule has 1 nitrogen and oxygen atoms in total. The average molecular weight is 265 g/mol. The van der Waals surface area contributed by atoms with Crippen LogP contribution < -0.4 is 6.15 Å². The summed E-state index contributed by atoms with van der Waals surface area (Å²) in [6, 6.07) is 0. The van der Waals surface area contributed by atoms with Gasteiger partial charge in [0.05, 0.1) is 0 Å². The van der Waals surface area contributed by atoms with E-state index in [1.54, 1.807) is 0 Å². The number of rotatable bonds is 0. The van der Waals surface area contributed by atoms with E-state index in [9.17, 15) is 0 Å². The van der Waals surface area contributed by atoms with Gasteiger partial charge in [0, 0.05) is 79.6 Å². The molecule has 3 N–H and O–H groups in total. The number of hydrogen-bond acceptors (Lipinski definition) is 1. The van der Waals surface area contributed by atoms with Gasteiger partial charge in [0.1, 0.15) is 0 Å². The Bertz CT molecular complexity index is 8.00. The van der Waals surface area contributed by atoms with Crippen molar-refractivity contribution in [3.63, 3.8) is 0 Å². The van der Waals surface area contributed by atoms with E-state index in [1.165, 1.54) is 0 Å². The first-order valence-corrected chi connectivity index (χ1v) is 0. The van der Waals surface area contributed by atoms with Crippen LogP contribution in [0.5, 0.6) is 0 Å². The van der Waals surface area contributed by atoms with E-state index in [0.29, 0.717) is 0 Å². The van der Waals surface area contributed by atoms with Crippen molar-refractivity contribution in [2.75, 3.05) is 0 Å². The molecule has 0 aromatic rings. The maximum absolute atomic E-state index is 0. The van der Waals surface area contributed by atoms with Crippen molar-refractivity contribution in [3.8, 4) is 0 Å². The van der Waals surface area contributed by atoms with Gasteiger partial charge < -0.3 is 6.15 Å². The first kappa shape index (κ1) is 31.1. The summed E-state index contributed by atoms with van der Waals surface area (Å²) in [4.78, 5) is 0. The third-order valence-corrected chi connectivity index (χ3v) is 0. The Morgan fingerprint density at radius 1 is 1.00 bits per heavy atom. The van der Waals surface area contributed by atoms with Crippen LogP contribution in [0.25, 0.3) is 0 Å². The van der Waals surface area contributed by atoms with E-state index >= 15 is 0 Å². The van der Waals surface area contributed by atoms with Crippen molar-refractivity contribution < 1.29 is 79.6 Å². The second kappa shape index (κ2) is 17.7. The maximum atomic E-state index is 0. The van der Waals surface area contributed by atoms with Gasteiger partial charge in [-0.05, 0) is 0 Å². The molecule has 0 rings (SSSR count). The van der Waals surface area contributed by atoms with Gasteiger partial charge in [-0.2, -0.15) is 0 Å². The van der Waals surface area contributed by atoms with Crippen molar-refractivity contribution in [1.29, 1.82) is 0 Å². The molecule has 0 aromatic heterocycles. The fraction of sp³-hybridized carbons (Fsp3) is 0. The molecule has 0 aromatic carbocycles. The van der Waals surface area contributed by atoms with Gasteiger partial charge in [0.15, 0.2) is 0 Å². The second-order valence-corrected chi connectivity index (χ2v) is 0. The van der Waals surface area contributed by atoms with Crippen LogP contribution in [-0.2, 0) is 38.8 Å². The Morgan fingerprint density at radius 3 is 1.00 bits per heavy atom. The zero-order valence-corrected chi connectivity index (χ0v) is 7.93. The average Bonchev–Trinajstić information content (AvgIpc) is 0. The zero-order valence-electron chi connectivity index (χ0n) is 2.06. The Morgan fingerprint density at radius 2 is 1.00 bits per heavy atom. The first-order valence-electron chi connectivity index (χ1n) is 0. The quantitative estimate of drug-likeness (QED) is 0.622. The Hall–Kier alpha value is 2.54. The van der Waals surface area contributed by atoms with E-state index in [0.717, 1.165) is 0 Å². The third-order valence-electron chi connectivity index (χ3n) is 0. The van der Waals surface area contributed by atoms with Crippen molar-refractivity contribution in [2.45, 2.75) is 0 Å². The molecule has 0 fully saturated rings. The van der Waals surface area contributed by atoms with E-state index < -0.39 is 0 Å². The minimum Gasteiger partial charge on any atom is -0.344 e. The summed E-state index contributed by atoms with van der Waals surface area (Å²) in [6.45, 7) is 0. The summed E-state index contributed by atoms with van der Waals surface area (Å²) in [5.41, 5.74) is 0. The molecule has 0 saturated carbocycles. The first-order chi connectivity index (χ1) is 0. The minimum absolute atomic E-state index is 0. The van der Waals surface area contributed by atoms with Crippen molar-refractivity contribution in [2.24, 2.45) is 0 Å². The molecule has 0 heterocycles. The molecular weight excluding hydrogens is 262 g/mol. The molecule has 24 valence electrons. The normalized spacial score (nSPS) is 0. The van der Waals surface area contributed by atoms with Crippen LogP contribution in [-0.4, -0.2) is 0 Å². The molecular formula is H3FeNNdTi. The minimum atomic E-state index is 0. The molecule has 0 aliphatic heterocycles. The predicted molar refractivity (Wildman–Crippen MR) is 5.02 cm³/mol. The van der Waals surface area contributed by atoms with Crippen LogP contribution in [0.1, 0.15) is 0 Å². The van der Waals surface area contributed by atoms with Gasteiger partial charge in [-0.3, -0.25) is 0 Å². The predicted octanol–water partition coefficient (Wildman–Crippen LogP) is 0.157. The fourth-order valence-corrected chi connectivity index (χ4v) is 0. The third kappa shape index (κ3) is 8.82. The van der Waals surface area contributed by atoms with E-state index in [1.807, 2.05) is 0 Å². The summed E-state index contributed by atoms with van der Waals surface area (Å²) in [5.74, 6) is 0. The van der Waals surface area contributed by atoms with Crippen LogP contribution >= 0.6 is 0 Å². The van der Waals surface area contributed by atoms with Gasteiger partial charge in [0.2, 0.25) is 0 Å². The van der Waals surface area contributed by atoms with Crippen LogP contribution in [0.4, 0.5) is 0 Å². The van der Waals surface area contributed by atoms with Gasteiger partial charge in [-0.1, -0.05) is 0 Å². The molecule has 0 saturated heterocycles. The van der Waals surface area contributed by atoms with Gasteiger partial charge in [-0.25, -0.2) is 0 Å². The standard InChI is InChI=1S/Fe.H3N.Nd.Ti/h;1H3;;. The van der Waals surface area contributed by atoms with Crippen molar-refractivity contribution in [3.05, 3.63) is 0 Å². The molecule has 0 bridgehead atoms. The van der Waals surface area contributed by atoms with E-state index in [4.69, 9.17) is 0 Å². The SMILES string of the molecule is N.[Fe].[Nd].[Ti]. The number of hydrogen-bond donors (Lipinski definition) is 1. The Labute approximate surface area is 84.1 Å². The van der Waals surface area contributed by atoms with Gasteiger partial charge in [0.25, 0.3) is 0 Å². The summed E-state index contributed by atoms with van der Waals surface area (Å²) < 4.78 is 0. The summed E-state index contributed by atoms with van der Waals surface area (Å²) in [7, 11) is 0. The van der Waals surface area contributed by atoms with Gasteiger partial charge >= 0.3 is 0 Å². The summed E-state index contributed by atoms with van der Waals surface area (Å²) in [5, 5.41) is 0. The molecule has 0 atom stereocenters. The topological polar surface area (TPSA) is 35.0 Å². The molecule has 0 unspecified atom stereocenters. The van der Waals surface area contributed by atoms with Crippen molar-refractivity contribution >= 4 is 0 Å². The molecule has 4 heteroatoms. The smallest absolute Gasteiger partial charge is 0 e. The fourth-order valence-electron chi connectivity index (χ4n) is 0. The molecule has 0 aliphatic carbocycles. The zero-order chi connectivity index (χ0) is 0. The maximum Gasteiger partial charge on any atom is 0 e. The van der Waals surface area contributed by atoms with E-state index in [2.05, 4.69) is 0 Å². The van der Waals surface area contributed by atoms with Crippen LogP contribution in [0.2, 0.25) is 0 Å². The summed E-state index contributed by atoms with van der Waals surface area (Å²) in [6.07, 6.45) is 0. The largest absolute Gasteiger partial charge is 0.344 e. The van der Waals surface area contributed by atoms with Crippen LogP contribution in [0.15, 0.2) is 0 Å². The van der Waals surface area contributed by atoms with E-state index in [-0.39, 0.29) is 85.8 Å². The molecule has 0 radical (unpaired) electrons. The monoisotopic (exact) mass is 263 g/mol. The molecule has 4 heavy (non-hydrogen) atoms.